The van der Waals surface area contributed by atoms with Gasteiger partial charge in [-0.3, -0.25) is 10.1 Å². The highest BCUT2D eigenvalue weighted by molar-refractivity contribution is 9.09. The average molecular weight is 352 g/mol. The molecule has 0 fully saturated rings. The molecule has 5 nitrogen and oxygen atoms in total. The molecule has 2 rings (SSSR count). The minimum Gasteiger partial charge on any atom is -0.388 e. The average Bonchev–Trinajstić information content (AvgIpc) is 2.56. The molecule has 2 aromatic carbocycles. The molecule has 0 aliphatic rings. The molecule has 0 aliphatic carbocycles. The first-order chi connectivity index (χ1) is 10.1. The third-order valence-electron chi connectivity index (χ3n) is 2.83. The topological polar surface area (TPSA) is 80.4 Å². The van der Waals surface area contributed by atoms with Gasteiger partial charge in [0.05, 0.1) is 16.6 Å². The molecule has 0 heterocycles. The lowest BCUT2D eigenvalue weighted by molar-refractivity contribution is -0.384. The van der Waals surface area contributed by atoms with E-state index < -0.39 is 11.0 Å². The molecule has 21 heavy (non-hydrogen) atoms. The van der Waals surface area contributed by atoms with E-state index in [0.717, 1.165) is 5.56 Å². The molecule has 0 aliphatic heterocycles. The van der Waals surface area contributed by atoms with Gasteiger partial charge in [0.15, 0.2) is 0 Å². The molecule has 0 saturated heterocycles. The first kappa shape index (κ1) is 17.0. The Labute approximate surface area is 130 Å². The van der Waals surface area contributed by atoms with Crippen LogP contribution in [0.25, 0.3) is 11.1 Å². The summed E-state index contributed by atoms with van der Waals surface area (Å²) in [7, 11) is 0. The summed E-state index contributed by atoms with van der Waals surface area (Å²) in [6, 6.07) is 14.0. The van der Waals surface area contributed by atoms with Crippen molar-refractivity contribution in [1.29, 1.82) is 0 Å². The fourth-order valence-electron chi connectivity index (χ4n) is 1.86. The number of nitrogens with zero attached hydrogens (tertiary/aromatic N) is 1. The van der Waals surface area contributed by atoms with Crippen LogP contribution in [-0.4, -0.2) is 22.1 Å². The van der Waals surface area contributed by atoms with Crippen LogP contribution >= 0.6 is 15.9 Å². The predicted molar refractivity (Wildman–Crippen MR) is 84.4 cm³/mol. The summed E-state index contributed by atoms with van der Waals surface area (Å²) in [5, 5.41) is 21.2. The number of aliphatic hydroxyl groups is 1. The van der Waals surface area contributed by atoms with Gasteiger partial charge < -0.3 is 9.90 Å². The van der Waals surface area contributed by atoms with E-state index >= 15 is 0 Å². The highest BCUT2D eigenvalue weighted by atomic mass is 79.9. The quantitative estimate of drug-likeness (QED) is 0.519. The molecule has 0 aromatic heterocycles. The van der Waals surface area contributed by atoms with Crippen molar-refractivity contribution in [3.63, 3.8) is 0 Å². The number of carbonyl (C=O) groups is 1. The molecule has 0 unspecified atom stereocenters. The SMILES string of the molecule is C=O.O=[N+]([O-])c1cc([C@H](O)CBr)ccc1-c1ccccc1. The highest BCUT2D eigenvalue weighted by Crippen LogP contribution is 2.32. The van der Waals surface area contributed by atoms with Gasteiger partial charge in [-0.25, -0.2) is 0 Å². The van der Waals surface area contributed by atoms with Crippen molar-refractivity contribution in [3.8, 4) is 11.1 Å². The van der Waals surface area contributed by atoms with E-state index in [0.29, 0.717) is 16.5 Å². The number of halogens is 1. The van der Waals surface area contributed by atoms with Crippen LogP contribution in [0.5, 0.6) is 0 Å². The van der Waals surface area contributed by atoms with E-state index in [4.69, 9.17) is 4.79 Å². The van der Waals surface area contributed by atoms with Crippen molar-refractivity contribution in [2.45, 2.75) is 6.10 Å². The minimum absolute atomic E-state index is 0.00343. The zero-order valence-corrected chi connectivity index (χ0v) is 12.7. The first-order valence-corrected chi connectivity index (χ1v) is 7.12. The molecular formula is C15H14BrNO4. The molecule has 0 amide bonds. The Kier molecular flexibility index (Phi) is 6.71. The largest absolute Gasteiger partial charge is 0.388 e. The number of hydrogen-bond acceptors (Lipinski definition) is 4. The third-order valence-corrected chi connectivity index (χ3v) is 3.45. The zero-order chi connectivity index (χ0) is 15.8. The Morgan fingerprint density at radius 2 is 1.81 bits per heavy atom. The molecular weight excluding hydrogens is 338 g/mol. The molecule has 1 atom stereocenters. The van der Waals surface area contributed by atoms with Crippen LogP contribution in [0.15, 0.2) is 48.5 Å². The van der Waals surface area contributed by atoms with Crippen molar-refractivity contribution in [2.24, 2.45) is 0 Å². The minimum atomic E-state index is -0.747. The highest BCUT2D eigenvalue weighted by Gasteiger charge is 2.18. The standard InChI is InChI=1S/C14H12BrNO3.CH2O/c15-9-14(17)11-6-7-12(13(8-11)16(18)19)10-4-2-1-3-5-10;1-2/h1-8,14,17H,9H2;1H2/t14-;/m1./s1. The third kappa shape index (κ3) is 4.21. The summed E-state index contributed by atoms with van der Waals surface area (Å²) in [5.41, 5.74) is 1.87. The molecule has 0 bridgehead atoms. The Hall–Kier alpha value is -2.05. The van der Waals surface area contributed by atoms with Gasteiger partial charge in [0.25, 0.3) is 5.69 Å². The van der Waals surface area contributed by atoms with Crippen LogP contribution < -0.4 is 0 Å². The second kappa shape index (κ2) is 8.28. The summed E-state index contributed by atoms with van der Waals surface area (Å²) in [6.45, 7) is 2.00. The van der Waals surface area contributed by atoms with E-state index in [1.165, 1.54) is 6.07 Å². The number of hydrogen-bond donors (Lipinski definition) is 1. The van der Waals surface area contributed by atoms with Gasteiger partial charge in [0.2, 0.25) is 0 Å². The number of rotatable bonds is 4. The molecule has 0 saturated carbocycles. The molecule has 2 aromatic rings. The van der Waals surface area contributed by atoms with Gasteiger partial charge in [0.1, 0.15) is 6.79 Å². The number of carbonyl (C=O) groups excluding carboxylic acids is 1. The summed E-state index contributed by atoms with van der Waals surface area (Å²) in [4.78, 5) is 18.7. The normalized spacial score (nSPS) is 11.1. The van der Waals surface area contributed by atoms with E-state index in [2.05, 4.69) is 15.9 Å². The summed E-state index contributed by atoms with van der Waals surface area (Å²) in [6.07, 6.45) is -0.747. The number of nitro benzene ring substituents is 1. The lowest BCUT2D eigenvalue weighted by Crippen LogP contribution is -2.00. The fraction of sp³-hybridized carbons (Fsp3) is 0.133. The van der Waals surface area contributed by atoms with Gasteiger partial charge in [-0.2, -0.15) is 0 Å². The first-order valence-electron chi connectivity index (χ1n) is 6.00. The Morgan fingerprint density at radius 3 is 2.33 bits per heavy atom. The summed E-state index contributed by atoms with van der Waals surface area (Å²) < 4.78 is 0. The predicted octanol–water partition coefficient (Wildman–Crippen LogP) is 3.51. The van der Waals surface area contributed by atoms with Crippen LogP contribution in [0, 0.1) is 10.1 Å². The molecule has 110 valence electrons. The Morgan fingerprint density at radius 1 is 1.19 bits per heavy atom. The van der Waals surface area contributed by atoms with Crippen LogP contribution in [0.2, 0.25) is 0 Å². The van der Waals surface area contributed by atoms with Crippen molar-refractivity contribution in [1.82, 2.24) is 0 Å². The maximum Gasteiger partial charge on any atom is 0.277 e. The maximum atomic E-state index is 11.2. The molecule has 0 radical (unpaired) electrons. The van der Waals surface area contributed by atoms with Crippen LogP contribution in [-0.2, 0) is 4.79 Å². The molecule has 1 N–H and O–H groups in total. The van der Waals surface area contributed by atoms with E-state index in [1.807, 2.05) is 37.1 Å². The van der Waals surface area contributed by atoms with Gasteiger partial charge in [-0.1, -0.05) is 52.3 Å². The zero-order valence-electron chi connectivity index (χ0n) is 11.1. The van der Waals surface area contributed by atoms with Gasteiger partial charge in [-0.15, -0.1) is 0 Å². The number of benzene rings is 2. The fourth-order valence-corrected chi connectivity index (χ4v) is 2.23. The number of aliphatic hydroxyl groups excluding tert-OH is 1. The second-order valence-corrected chi connectivity index (χ2v) is 4.72. The second-order valence-electron chi connectivity index (χ2n) is 4.07. The Bertz CT molecular complexity index is 604. The van der Waals surface area contributed by atoms with Crippen LogP contribution in [0.4, 0.5) is 5.69 Å². The monoisotopic (exact) mass is 351 g/mol. The van der Waals surface area contributed by atoms with Gasteiger partial charge in [0, 0.05) is 11.4 Å². The van der Waals surface area contributed by atoms with Crippen LogP contribution in [0.3, 0.4) is 0 Å². The summed E-state index contributed by atoms with van der Waals surface area (Å²) in [5.74, 6) is 0. The smallest absolute Gasteiger partial charge is 0.277 e. The number of alkyl halides is 1. The summed E-state index contributed by atoms with van der Waals surface area (Å²) >= 11 is 3.16. The van der Waals surface area contributed by atoms with Crippen molar-refractivity contribution >= 4 is 28.4 Å². The van der Waals surface area contributed by atoms with Gasteiger partial charge >= 0.3 is 0 Å². The van der Waals surface area contributed by atoms with E-state index in [1.54, 1.807) is 12.1 Å². The Balaban J connectivity index is 0.00000106. The number of nitro groups is 1. The van der Waals surface area contributed by atoms with Gasteiger partial charge in [-0.05, 0) is 17.2 Å². The van der Waals surface area contributed by atoms with E-state index in [9.17, 15) is 15.2 Å². The lowest BCUT2D eigenvalue weighted by atomic mass is 10.00. The van der Waals surface area contributed by atoms with Crippen molar-refractivity contribution in [3.05, 3.63) is 64.2 Å². The van der Waals surface area contributed by atoms with E-state index in [-0.39, 0.29) is 5.69 Å². The van der Waals surface area contributed by atoms with Crippen LogP contribution in [0.1, 0.15) is 11.7 Å². The maximum absolute atomic E-state index is 11.2. The molecule has 6 heteroatoms. The molecule has 0 spiro atoms. The van der Waals surface area contributed by atoms with Crippen molar-refractivity contribution in [2.75, 3.05) is 5.33 Å². The van der Waals surface area contributed by atoms with Crippen molar-refractivity contribution < 1.29 is 14.8 Å². The lowest BCUT2D eigenvalue weighted by Gasteiger charge is -2.09.